The molecule has 2 aromatic carbocycles. The van der Waals surface area contributed by atoms with Crippen molar-refractivity contribution in [3.8, 4) is 0 Å². The van der Waals surface area contributed by atoms with Gasteiger partial charge in [0.1, 0.15) is 5.82 Å². The quantitative estimate of drug-likeness (QED) is 0.327. The standard InChI is InChI=1S/C29H35N7O2/c1-19-14-25-24(10-11-33-27(25)31)20(2)26(19)18-34-28(37)22(15-30)17-32-16-21-6-8-23(9-7-21)35(3)29(38)36-12-4-5-13-36/h6-11,14-15,17H,4-5,12-13,16,18,30H2,1-3H3,(H2,31,33)(H,34,37)/b22-15+,32-17?. The molecule has 38 heavy (non-hydrogen) atoms. The molecule has 5 N–H and O–H groups in total. The number of aromatic nitrogens is 1. The number of likely N-dealkylation sites (tertiary alicyclic amines) is 1. The molecule has 1 aromatic heterocycles. The fraction of sp³-hybridized carbons (Fsp3) is 0.310. The molecule has 1 aliphatic heterocycles. The van der Waals surface area contributed by atoms with Crippen molar-refractivity contribution >= 4 is 40.4 Å². The third-order valence-electron chi connectivity index (χ3n) is 7.07. The van der Waals surface area contributed by atoms with Crippen molar-refractivity contribution in [3.05, 3.63) is 76.6 Å². The molecule has 9 heteroatoms. The largest absolute Gasteiger partial charge is 0.404 e. The number of nitrogen functional groups attached to an aromatic ring is 1. The Hall–Kier alpha value is -4.40. The van der Waals surface area contributed by atoms with Crippen molar-refractivity contribution in [2.75, 3.05) is 30.8 Å². The minimum absolute atomic E-state index is 0.0206. The van der Waals surface area contributed by atoms with Crippen LogP contribution in [0.1, 0.15) is 35.1 Å². The lowest BCUT2D eigenvalue weighted by atomic mass is 9.96. The summed E-state index contributed by atoms with van der Waals surface area (Å²) in [4.78, 5) is 37.5. The number of benzene rings is 2. The van der Waals surface area contributed by atoms with E-state index in [2.05, 4.69) is 15.3 Å². The number of urea groups is 1. The number of nitrogens with two attached hydrogens (primary N) is 2. The number of fused-ring (bicyclic) bond motifs is 1. The summed E-state index contributed by atoms with van der Waals surface area (Å²) in [6.07, 6.45) is 6.55. The molecule has 198 valence electrons. The maximum absolute atomic E-state index is 12.8. The molecule has 2 heterocycles. The maximum Gasteiger partial charge on any atom is 0.324 e. The van der Waals surface area contributed by atoms with Gasteiger partial charge in [-0.3, -0.25) is 14.7 Å². The van der Waals surface area contributed by atoms with Gasteiger partial charge in [-0.1, -0.05) is 12.1 Å². The van der Waals surface area contributed by atoms with Crippen LogP contribution in [0.25, 0.3) is 10.8 Å². The Kier molecular flexibility index (Phi) is 8.25. The summed E-state index contributed by atoms with van der Waals surface area (Å²) in [6, 6.07) is 11.6. The first-order valence-corrected chi connectivity index (χ1v) is 12.7. The van der Waals surface area contributed by atoms with Crippen LogP contribution in [0.4, 0.5) is 16.3 Å². The van der Waals surface area contributed by atoms with Crippen molar-refractivity contribution in [2.24, 2.45) is 10.7 Å². The summed E-state index contributed by atoms with van der Waals surface area (Å²) >= 11 is 0. The van der Waals surface area contributed by atoms with Gasteiger partial charge in [-0.05, 0) is 78.6 Å². The zero-order valence-corrected chi connectivity index (χ0v) is 22.2. The molecule has 0 atom stereocenters. The molecule has 0 saturated carbocycles. The summed E-state index contributed by atoms with van der Waals surface area (Å²) in [5, 5.41) is 4.87. The first kappa shape index (κ1) is 26.7. The number of aliphatic imine (C=N–C) groups is 1. The number of anilines is 2. The van der Waals surface area contributed by atoms with Crippen molar-refractivity contribution in [3.63, 3.8) is 0 Å². The SMILES string of the molecule is Cc1cc2c(N)nccc2c(C)c1CNC(=O)/C(C=NCc1ccc(N(C)C(=O)N2CCCC2)cc1)=C/N. The van der Waals surface area contributed by atoms with Crippen LogP contribution in [0.2, 0.25) is 0 Å². The van der Waals surface area contributed by atoms with Gasteiger partial charge < -0.3 is 21.7 Å². The number of hydrogen-bond donors (Lipinski definition) is 3. The van der Waals surface area contributed by atoms with Gasteiger partial charge in [0, 0.05) is 56.4 Å². The highest BCUT2D eigenvalue weighted by molar-refractivity contribution is 6.12. The average Bonchev–Trinajstić information content (AvgIpc) is 3.46. The van der Waals surface area contributed by atoms with E-state index in [-0.39, 0.29) is 17.5 Å². The van der Waals surface area contributed by atoms with Crippen LogP contribution >= 0.6 is 0 Å². The highest BCUT2D eigenvalue weighted by Gasteiger charge is 2.22. The highest BCUT2D eigenvalue weighted by Crippen LogP contribution is 2.28. The molecule has 0 spiro atoms. The van der Waals surface area contributed by atoms with Crippen LogP contribution in [0, 0.1) is 13.8 Å². The van der Waals surface area contributed by atoms with E-state index in [0.717, 1.165) is 64.6 Å². The second-order valence-electron chi connectivity index (χ2n) is 9.56. The second kappa shape index (κ2) is 11.8. The normalized spacial score (nSPS) is 13.9. The summed E-state index contributed by atoms with van der Waals surface area (Å²) in [7, 11) is 1.79. The first-order chi connectivity index (χ1) is 18.3. The number of aryl methyl sites for hydroxylation is 2. The van der Waals surface area contributed by atoms with Crippen LogP contribution in [-0.4, -0.2) is 48.2 Å². The topological polar surface area (TPSA) is 130 Å². The van der Waals surface area contributed by atoms with Crippen molar-refractivity contribution < 1.29 is 9.59 Å². The van der Waals surface area contributed by atoms with Crippen LogP contribution in [0.5, 0.6) is 0 Å². The highest BCUT2D eigenvalue weighted by atomic mass is 16.2. The summed E-state index contributed by atoms with van der Waals surface area (Å²) in [6.45, 7) is 6.37. The molecular weight excluding hydrogens is 478 g/mol. The zero-order valence-electron chi connectivity index (χ0n) is 22.2. The van der Waals surface area contributed by atoms with E-state index in [1.54, 1.807) is 18.1 Å². The number of carbonyl (C=O) groups excluding carboxylic acids is 2. The Morgan fingerprint density at radius 2 is 1.84 bits per heavy atom. The number of nitrogens with one attached hydrogen (secondary N) is 1. The molecule has 9 nitrogen and oxygen atoms in total. The van der Waals surface area contributed by atoms with E-state index < -0.39 is 0 Å². The van der Waals surface area contributed by atoms with Gasteiger partial charge >= 0.3 is 6.03 Å². The van der Waals surface area contributed by atoms with Crippen LogP contribution in [0.15, 0.2) is 59.4 Å². The molecule has 3 aromatic rings. The molecule has 0 radical (unpaired) electrons. The first-order valence-electron chi connectivity index (χ1n) is 12.7. The van der Waals surface area contributed by atoms with Gasteiger partial charge in [0.15, 0.2) is 0 Å². The molecule has 0 unspecified atom stereocenters. The van der Waals surface area contributed by atoms with E-state index in [4.69, 9.17) is 11.5 Å². The summed E-state index contributed by atoms with van der Waals surface area (Å²) in [5.41, 5.74) is 16.9. The number of rotatable bonds is 7. The van der Waals surface area contributed by atoms with Crippen molar-refractivity contribution in [2.45, 2.75) is 39.8 Å². The van der Waals surface area contributed by atoms with Gasteiger partial charge in [0.25, 0.3) is 5.91 Å². The number of carbonyl (C=O) groups is 2. The van der Waals surface area contributed by atoms with Crippen molar-refractivity contribution in [1.82, 2.24) is 15.2 Å². The van der Waals surface area contributed by atoms with Gasteiger partial charge in [-0.2, -0.15) is 0 Å². The Bertz CT molecular complexity index is 1390. The van der Waals surface area contributed by atoms with E-state index >= 15 is 0 Å². The minimum Gasteiger partial charge on any atom is -0.404 e. The van der Waals surface area contributed by atoms with Crippen molar-refractivity contribution in [1.29, 1.82) is 0 Å². The fourth-order valence-electron chi connectivity index (χ4n) is 4.76. The lowest BCUT2D eigenvalue weighted by molar-refractivity contribution is -0.117. The molecule has 1 aliphatic rings. The maximum atomic E-state index is 12.8. The molecule has 1 fully saturated rings. The number of amides is 3. The van der Waals surface area contributed by atoms with E-state index in [9.17, 15) is 9.59 Å². The third-order valence-corrected chi connectivity index (χ3v) is 7.07. The lowest BCUT2D eigenvalue weighted by Gasteiger charge is -2.24. The molecule has 4 rings (SSSR count). The van der Waals surface area contributed by atoms with E-state index in [1.165, 1.54) is 12.4 Å². The lowest BCUT2D eigenvalue weighted by Crippen LogP contribution is -2.39. The Morgan fingerprint density at radius 1 is 1.13 bits per heavy atom. The number of nitrogens with zero attached hydrogens (tertiary/aromatic N) is 4. The van der Waals surface area contributed by atoms with E-state index in [0.29, 0.717) is 18.9 Å². The Labute approximate surface area is 223 Å². The second-order valence-corrected chi connectivity index (χ2v) is 9.56. The van der Waals surface area contributed by atoms with Gasteiger partial charge in [0.2, 0.25) is 0 Å². The van der Waals surface area contributed by atoms with E-state index in [1.807, 2.05) is 55.1 Å². The Morgan fingerprint density at radius 3 is 2.53 bits per heavy atom. The fourth-order valence-corrected chi connectivity index (χ4v) is 4.76. The smallest absolute Gasteiger partial charge is 0.324 e. The average molecular weight is 514 g/mol. The van der Waals surface area contributed by atoms with Crippen LogP contribution < -0.4 is 21.7 Å². The Balaban J connectivity index is 1.34. The number of hydrogen-bond acceptors (Lipinski definition) is 6. The van der Waals surface area contributed by atoms with Crippen LogP contribution in [0.3, 0.4) is 0 Å². The summed E-state index contributed by atoms with van der Waals surface area (Å²) in [5.74, 6) is 0.188. The monoisotopic (exact) mass is 513 g/mol. The molecule has 0 aliphatic carbocycles. The van der Waals surface area contributed by atoms with Crippen LogP contribution in [-0.2, 0) is 17.9 Å². The predicted octanol–water partition coefficient (Wildman–Crippen LogP) is 3.82. The summed E-state index contributed by atoms with van der Waals surface area (Å²) < 4.78 is 0. The molecule has 3 amide bonds. The zero-order chi connectivity index (χ0) is 27.2. The third kappa shape index (κ3) is 5.77. The molecule has 1 saturated heterocycles. The van der Waals surface area contributed by atoms with Gasteiger partial charge in [-0.15, -0.1) is 0 Å². The predicted molar refractivity (Wildman–Crippen MR) is 153 cm³/mol. The van der Waals surface area contributed by atoms with Gasteiger partial charge in [0.05, 0.1) is 12.1 Å². The van der Waals surface area contributed by atoms with Gasteiger partial charge in [-0.25, -0.2) is 9.78 Å². The molecule has 0 bridgehead atoms. The minimum atomic E-state index is -0.304. The number of pyridine rings is 1. The molecular formula is C29H35N7O2.